The Hall–Kier alpha value is -0.300. The van der Waals surface area contributed by atoms with Crippen molar-refractivity contribution in [2.75, 3.05) is 6.61 Å². The molecule has 0 amide bonds. The number of hydrogen-bond donors (Lipinski definition) is 1. The first-order chi connectivity index (χ1) is 9.52. The lowest BCUT2D eigenvalue weighted by atomic mass is 10.0. The van der Waals surface area contributed by atoms with Crippen molar-refractivity contribution in [3.8, 4) is 5.75 Å². The zero-order valence-corrected chi connectivity index (χ0v) is 15.2. The second kappa shape index (κ2) is 7.11. The van der Waals surface area contributed by atoms with Crippen LogP contribution in [0.1, 0.15) is 24.2 Å². The van der Waals surface area contributed by atoms with Crippen LogP contribution in [0.5, 0.6) is 5.75 Å². The molecular weight excluding hydrogens is 454 g/mol. The van der Waals surface area contributed by atoms with Gasteiger partial charge in [0, 0.05) is 8.59 Å². The van der Waals surface area contributed by atoms with E-state index in [4.69, 9.17) is 16.3 Å². The fraction of sp³-hybridized carbons (Fsp3) is 0.200. The lowest BCUT2D eigenvalue weighted by molar-refractivity contribution is 0.219. The highest BCUT2D eigenvalue weighted by molar-refractivity contribution is 14.1. The van der Waals surface area contributed by atoms with Crippen LogP contribution in [0, 0.1) is 3.57 Å². The normalized spacial score (nSPS) is 12.2. The molecule has 0 spiro atoms. The van der Waals surface area contributed by atoms with Gasteiger partial charge in [0.05, 0.1) is 11.1 Å². The second-order valence-electron chi connectivity index (χ2n) is 4.19. The molecule has 0 saturated carbocycles. The summed E-state index contributed by atoms with van der Waals surface area (Å²) in [6.07, 6.45) is -0.715. The van der Waals surface area contributed by atoms with Gasteiger partial charge in [-0.1, -0.05) is 17.7 Å². The Bertz CT molecular complexity index is 619. The van der Waals surface area contributed by atoms with Gasteiger partial charge in [-0.15, -0.1) is 0 Å². The molecule has 0 aliphatic carbocycles. The third-order valence-electron chi connectivity index (χ3n) is 2.82. The van der Waals surface area contributed by atoms with Crippen LogP contribution in [0.4, 0.5) is 0 Å². The van der Waals surface area contributed by atoms with Crippen molar-refractivity contribution < 1.29 is 9.84 Å². The van der Waals surface area contributed by atoms with Crippen molar-refractivity contribution in [3.63, 3.8) is 0 Å². The Morgan fingerprint density at radius 3 is 2.70 bits per heavy atom. The third-order valence-corrected chi connectivity index (χ3v) is 4.66. The van der Waals surface area contributed by atoms with E-state index >= 15 is 0 Å². The number of hydrogen-bond acceptors (Lipinski definition) is 2. The van der Waals surface area contributed by atoms with Crippen molar-refractivity contribution >= 4 is 50.1 Å². The molecule has 2 nitrogen and oxygen atoms in total. The third kappa shape index (κ3) is 3.67. The Morgan fingerprint density at radius 2 is 2.05 bits per heavy atom. The van der Waals surface area contributed by atoms with E-state index in [1.807, 2.05) is 37.3 Å². The van der Waals surface area contributed by atoms with Crippen LogP contribution in [0.15, 0.2) is 40.9 Å². The number of aliphatic hydroxyl groups excluding tert-OH is 1. The highest BCUT2D eigenvalue weighted by Gasteiger charge is 2.15. The largest absolute Gasteiger partial charge is 0.493 e. The zero-order chi connectivity index (χ0) is 14.7. The Balaban J connectivity index is 2.35. The van der Waals surface area contributed by atoms with Gasteiger partial charge in [-0.25, -0.2) is 0 Å². The minimum atomic E-state index is -0.715. The molecule has 1 atom stereocenters. The molecule has 1 unspecified atom stereocenters. The van der Waals surface area contributed by atoms with Gasteiger partial charge in [-0.3, -0.25) is 0 Å². The van der Waals surface area contributed by atoms with Crippen molar-refractivity contribution in [2.45, 2.75) is 13.0 Å². The fourth-order valence-corrected chi connectivity index (χ4v) is 3.19. The van der Waals surface area contributed by atoms with Crippen molar-refractivity contribution in [2.24, 2.45) is 0 Å². The number of halogens is 3. The first kappa shape index (κ1) is 16.1. The summed E-state index contributed by atoms with van der Waals surface area (Å²) in [6, 6.07) is 11.1. The lowest BCUT2D eigenvalue weighted by Crippen LogP contribution is -2.03. The minimum absolute atomic E-state index is 0.604. The summed E-state index contributed by atoms with van der Waals surface area (Å²) in [5, 5.41) is 11.1. The Labute approximate surface area is 145 Å². The number of aliphatic hydroxyl groups is 1. The summed E-state index contributed by atoms with van der Waals surface area (Å²) >= 11 is 11.7. The van der Waals surface area contributed by atoms with Gasteiger partial charge in [-0.05, 0) is 86.9 Å². The molecule has 0 bridgehead atoms. The van der Waals surface area contributed by atoms with Crippen LogP contribution < -0.4 is 4.74 Å². The molecule has 0 aliphatic rings. The van der Waals surface area contributed by atoms with E-state index in [0.29, 0.717) is 11.6 Å². The van der Waals surface area contributed by atoms with Crippen LogP contribution in [0.2, 0.25) is 5.02 Å². The van der Waals surface area contributed by atoms with Gasteiger partial charge in [0.2, 0.25) is 0 Å². The lowest BCUT2D eigenvalue weighted by Gasteiger charge is -2.15. The van der Waals surface area contributed by atoms with Crippen LogP contribution in [0.25, 0.3) is 0 Å². The van der Waals surface area contributed by atoms with E-state index in [1.54, 1.807) is 6.07 Å². The molecule has 2 aromatic carbocycles. The van der Waals surface area contributed by atoms with E-state index in [0.717, 1.165) is 24.9 Å². The van der Waals surface area contributed by atoms with E-state index in [1.165, 1.54) is 0 Å². The van der Waals surface area contributed by atoms with Gasteiger partial charge in [-0.2, -0.15) is 0 Å². The number of rotatable bonds is 4. The highest BCUT2D eigenvalue weighted by atomic mass is 127. The predicted molar refractivity (Wildman–Crippen MR) is 93.5 cm³/mol. The molecule has 0 heterocycles. The molecule has 1 N–H and O–H groups in total. The van der Waals surface area contributed by atoms with Gasteiger partial charge < -0.3 is 9.84 Å². The predicted octanol–water partition coefficient (Wildman–Crippen LogP) is 5.19. The molecule has 5 heteroatoms. The molecule has 0 aliphatic heterocycles. The summed E-state index contributed by atoms with van der Waals surface area (Å²) in [5.41, 5.74) is 1.59. The van der Waals surface area contributed by atoms with Crippen LogP contribution in [0.3, 0.4) is 0 Å². The number of ether oxygens (including phenoxy) is 1. The molecule has 2 rings (SSSR count). The zero-order valence-electron chi connectivity index (χ0n) is 10.7. The van der Waals surface area contributed by atoms with Gasteiger partial charge in [0.25, 0.3) is 0 Å². The van der Waals surface area contributed by atoms with Crippen molar-refractivity contribution in [1.29, 1.82) is 0 Å². The van der Waals surface area contributed by atoms with Crippen molar-refractivity contribution in [1.82, 2.24) is 0 Å². The molecule has 0 aromatic heterocycles. The maximum atomic E-state index is 10.5. The van der Waals surface area contributed by atoms with Gasteiger partial charge in [0.1, 0.15) is 11.9 Å². The summed E-state index contributed by atoms with van der Waals surface area (Å²) in [6.45, 7) is 2.54. The topological polar surface area (TPSA) is 29.5 Å². The average Bonchev–Trinajstić information content (AvgIpc) is 2.43. The maximum Gasteiger partial charge on any atom is 0.133 e. The van der Waals surface area contributed by atoms with E-state index in [9.17, 15) is 5.11 Å². The average molecular weight is 468 g/mol. The van der Waals surface area contributed by atoms with Gasteiger partial charge in [0.15, 0.2) is 0 Å². The van der Waals surface area contributed by atoms with Crippen LogP contribution >= 0.6 is 50.1 Å². The summed E-state index contributed by atoms with van der Waals surface area (Å²) < 4.78 is 7.27. The second-order valence-corrected chi connectivity index (χ2v) is 6.64. The molecule has 106 valence electrons. The molecule has 0 saturated heterocycles. The van der Waals surface area contributed by atoms with E-state index < -0.39 is 6.10 Å². The molecule has 20 heavy (non-hydrogen) atoms. The number of benzene rings is 2. The first-order valence-corrected chi connectivity index (χ1v) is 8.33. The van der Waals surface area contributed by atoms with Gasteiger partial charge >= 0.3 is 0 Å². The first-order valence-electron chi connectivity index (χ1n) is 6.08. The van der Waals surface area contributed by atoms with E-state index in [2.05, 4.69) is 38.5 Å². The quantitative estimate of drug-likeness (QED) is 0.628. The SMILES string of the molecule is CCOc1ccc(C(O)c2cc(Cl)ccc2I)cc1Br. The standard InChI is InChI=1S/C15H13BrClIO2/c1-2-20-14-6-3-9(7-12(14)16)15(19)11-8-10(17)4-5-13(11)18/h3-8,15,19H,2H2,1H3. The van der Waals surface area contributed by atoms with Crippen LogP contribution in [-0.4, -0.2) is 11.7 Å². The molecule has 0 radical (unpaired) electrons. The minimum Gasteiger partial charge on any atom is -0.493 e. The summed E-state index contributed by atoms with van der Waals surface area (Å²) in [5.74, 6) is 0.768. The monoisotopic (exact) mass is 466 g/mol. The smallest absolute Gasteiger partial charge is 0.133 e. The Kier molecular flexibility index (Phi) is 5.72. The molecule has 2 aromatic rings. The summed E-state index contributed by atoms with van der Waals surface area (Å²) in [4.78, 5) is 0. The van der Waals surface area contributed by atoms with Crippen LogP contribution in [-0.2, 0) is 0 Å². The Morgan fingerprint density at radius 1 is 1.30 bits per heavy atom. The van der Waals surface area contributed by atoms with E-state index in [-0.39, 0.29) is 0 Å². The fourth-order valence-electron chi connectivity index (χ4n) is 1.86. The summed E-state index contributed by atoms with van der Waals surface area (Å²) in [7, 11) is 0. The maximum absolute atomic E-state index is 10.5. The van der Waals surface area contributed by atoms with Crippen molar-refractivity contribution in [3.05, 3.63) is 60.6 Å². The molecular formula is C15H13BrClIO2. The molecule has 0 fully saturated rings. The highest BCUT2D eigenvalue weighted by Crippen LogP contribution is 2.33.